The third-order valence-corrected chi connectivity index (χ3v) is 12.6. The van der Waals surface area contributed by atoms with Crippen LogP contribution in [-0.4, -0.2) is 88.9 Å². The van der Waals surface area contributed by atoms with Gasteiger partial charge < -0.3 is 24.4 Å². The van der Waals surface area contributed by atoms with Gasteiger partial charge in [0.15, 0.2) is 11.5 Å². The van der Waals surface area contributed by atoms with Crippen molar-refractivity contribution in [1.82, 2.24) is 30.3 Å². The van der Waals surface area contributed by atoms with Crippen LogP contribution in [0.25, 0.3) is 10.9 Å². The Morgan fingerprint density at radius 1 is 0.914 bits per heavy atom. The molecule has 3 saturated heterocycles. The summed E-state index contributed by atoms with van der Waals surface area (Å²) in [6.07, 6.45) is 11.5. The molecule has 0 spiro atoms. The highest BCUT2D eigenvalue weighted by Gasteiger charge is 2.29. The van der Waals surface area contributed by atoms with E-state index in [4.69, 9.17) is 21.6 Å². The standard InChI is InChI=1S/C43H50ClN9O4.ClH/c44-36-26-34(7-4-31(36)27-45)57-33-8-5-32(6-9-33)46-42(55)37-10-11-40(49-48-37)52-22-15-30(16-23-52)28-50-19-12-29(13-20-50)14-21-51-24-17-35-38(51)2-1-3-39(35)53-25-18-41(54)47-43(53)56;/h1-4,7,10-11,17,24,26,29-30,32-33H,5-6,8-9,12-16,18-23,25,28H2,(H,46,55)(H,47,54,56);1H/t32-,33-;. The van der Waals surface area contributed by atoms with E-state index in [0.717, 1.165) is 107 Å². The number of halogens is 2. The number of benzene rings is 2. The number of piperidine rings is 2. The van der Waals surface area contributed by atoms with Gasteiger partial charge in [0.05, 0.1) is 27.9 Å². The van der Waals surface area contributed by atoms with E-state index in [0.29, 0.717) is 46.8 Å². The first kappa shape index (κ1) is 41.3. The van der Waals surface area contributed by atoms with Crippen molar-refractivity contribution in [1.29, 1.82) is 5.26 Å². The Bertz CT molecular complexity index is 2120. The van der Waals surface area contributed by atoms with Crippen molar-refractivity contribution in [2.75, 3.05) is 49.1 Å². The zero-order chi connectivity index (χ0) is 39.3. The van der Waals surface area contributed by atoms with Crippen molar-refractivity contribution in [3.63, 3.8) is 0 Å². The number of aryl methyl sites for hydroxylation is 1. The lowest BCUT2D eigenvalue weighted by Crippen LogP contribution is -2.49. The Kier molecular flexibility index (Phi) is 13.4. The molecule has 3 aliphatic heterocycles. The van der Waals surface area contributed by atoms with Gasteiger partial charge in [0, 0.05) is 62.8 Å². The van der Waals surface area contributed by atoms with Crippen LogP contribution in [0.3, 0.4) is 0 Å². The highest BCUT2D eigenvalue weighted by Crippen LogP contribution is 2.32. The summed E-state index contributed by atoms with van der Waals surface area (Å²) in [5, 5.41) is 24.8. The number of nitriles is 1. The van der Waals surface area contributed by atoms with Crippen LogP contribution >= 0.6 is 24.0 Å². The summed E-state index contributed by atoms with van der Waals surface area (Å²) in [7, 11) is 0. The molecule has 0 bridgehead atoms. The Balaban J connectivity index is 0.00000512. The summed E-state index contributed by atoms with van der Waals surface area (Å²) in [6.45, 7) is 6.65. The molecule has 15 heteroatoms. The van der Waals surface area contributed by atoms with Crippen LogP contribution in [0.5, 0.6) is 5.75 Å². The largest absolute Gasteiger partial charge is 0.490 e. The molecule has 4 aromatic rings. The first-order valence-electron chi connectivity index (χ1n) is 20.5. The van der Waals surface area contributed by atoms with Crippen LogP contribution in [0.2, 0.25) is 5.02 Å². The molecule has 4 fully saturated rings. The number of hydrogen-bond donors (Lipinski definition) is 2. The Hall–Kier alpha value is -4.90. The summed E-state index contributed by atoms with van der Waals surface area (Å²) in [5.41, 5.74) is 2.74. The molecule has 0 radical (unpaired) electrons. The highest BCUT2D eigenvalue weighted by atomic mass is 35.5. The van der Waals surface area contributed by atoms with Crippen LogP contribution in [0.1, 0.15) is 80.3 Å². The van der Waals surface area contributed by atoms with E-state index in [2.05, 4.69) is 59.6 Å². The molecule has 2 aromatic heterocycles. The topological polar surface area (TPSA) is 149 Å². The number of carbonyl (C=O) groups excluding carboxylic acids is 3. The average Bonchev–Trinajstić information content (AvgIpc) is 3.65. The normalized spacial score (nSPS) is 21.0. The number of ether oxygens (including phenoxy) is 1. The molecule has 0 atom stereocenters. The molecule has 5 heterocycles. The predicted molar refractivity (Wildman–Crippen MR) is 226 cm³/mol. The third-order valence-electron chi connectivity index (χ3n) is 12.3. The number of hydrogen-bond acceptors (Lipinski definition) is 9. The molecule has 2 aromatic carbocycles. The molecule has 306 valence electrons. The number of nitrogens with one attached hydrogen (secondary N) is 2. The van der Waals surface area contributed by atoms with Gasteiger partial charge in [-0.2, -0.15) is 5.26 Å². The van der Waals surface area contributed by atoms with Gasteiger partial charge >= 0.3 is 6.03 Å². The lowest BCUT2D eigenvalue weighted by atomic mass is 9.91. The maximum Gasteiger partial charge on any atom is 0.328 e. The van der Waals surface area contributed by atoms with Crippen molar-refractivity contribution in [3.05, 3.63) is 77.1 Å². The van der Waals surface area contributed by atoms with Gasteiger partial charge in [0.1, 0.15) is 11.8 Å². The lowest BCUT2D eigenvalue weighted by Gasteiger charge is -2.38. The van der Waals surface area contributed by atoms with Crippen molar-refractivity contribution in [2.45, 2.75) is 82.9 Å². The fraction of sp³-hybridized carbons (Fsp3) is 0.488. The van der Waals surface area contributed by atoms with Crippen molar-refractivity contribution >= 4 is 64.3 Å². The fourth-order valence-electron chi connectivity index (χ4n) is 8.97. The number of fused-ring (bicyclic) bond motifs is 1. The van der Waals surface area contributed by atoms with Crippen molar-refractivity contribution in [3.8, 4) is 11.8 Å². The second kappa shape index (κ2) is 18.8. The maximum absolute atomic E-state index is 13.0. The molecule has 1 saturated carbocycles. The Labute approximate surface area is 350 Å². The maximum atomic E-state index is 13.0. The van der Waals surface area contributed by atoms with Crippen LogP contribution in [-0.2, 0) is 11.3 Å². The van der Waals surface area contributed by atoms with E-state index < -0.39 is 0 Å². The number of imide groups is 1. The number of anilines is 2. The van der Waals surface area contributed by atoms with Crippen LogP contribution in [0.15, 0.2) is 60.8 Å². The van der Waals surface area contributed by atoms with E-state index in [-0.39, 0.29) is 42.4 Å². The van der Waals surface area contributed by atoms with E-state index in [1.807, 2.05) is 18.2 Å². The van der Waals surface area contributed by atoms with Gasteiger partial charge in [-0.05, 0) is 125 Å². The number of rotatable bonds is 11. The van der Waals surface area contributed by atoms with Gasteiger partial charge in [-0.15, -0.1) is 22.6 Å². The Morgan fingerprint density at radius 2 is 1.69 bits per heavy atom. The molecule has 58 heavy (non-hydrogen) atoms. The molecule has 2 N–H and O–H groups in total. The molecule has 4 amide bonds. The quantitative estimate of drug-likeness (QED) is 0.164. The number of likely N-dealkylation sites (tertiary alicyclic amines) is 1. The van der Waals surface area contributed by atoms with Crippen molar-refractivity contribution in [2.24, 2.45) is 11.8 Å². The predicted octanol–water partition coefficient (Wildman–Crippen LogP) is 6.96. The second-order valence-corrected chi connectivity index (χ2v) is 16.4. The molecule has 1 aliphatic carbocycles. The fourth-order valence-corrected chi connectivity index (χ4v) is 9.19. The number of amides is 4. The number of carbonyl (C=O) groups is 3. The molecular weight excluding hydrogens is 777 g/mol. The van der Waals surface area contributed by atoms with Gasteiger partial charge in [-0.25, -0.2) is 4.79 Å². The van der Waals surface area contributed by atoms with E-state index >= 15 is 0 Å². The van der Waals surface area contributed by atoms with E-state index in [1.165, 1.54) is 12.8 Å². The van der Waals surface area contributed by atoms with Gasteiger partial charge in [-0.1, -0.05) is 17.7 Å². The smallest absolute Gasteiger partial charge is 0.328 e. The summed E-state index contributed by atoms with van der Waals surface area (Å²) in [4.78, 5) is 43.8. The number of nitrogens with zero attached hydrogens (tertiary/aromatic N) is 7. The SMILES string of the molecule is Cl.N#Cc1ccc(O[C@H]2CC[C@H](NC(=O)c3ccc(N4CCC(CN5CCC(CCn6ccc7c(N8CCC(=O)NC8=O)cccc76)CC5)CC4)nn3)CC2)cc1Cl. The molecular formula is C43H51Cl2N9O4. The van der Waals surface area contributed by atoms with Gasteiger partial charge in [0.2, 0.25) is 5.91 Å². The average molecular weight is 829 g/mol. The summed E-state index contributed by atoms with van der Waals surface area (Å²) in [5.74, 6) is 2.43. The minimum Gasteiger partial charge on any atom is -0.490 e. The zero-order valence-electron chi connectivity index (χ0n) is 32.7. The number of aromatic nitrogens is 3. The highest BCUT2D eigenvalue weighted by molar-refractivity contribution is 6.31. The van der Waals surface area contributed by atoms with Crippen molar-refractivity contribution < 1.29 is 19.1 Å². The second-order valence-electron chi connectivity index (χ2n) is 16.0. The van der Waals surface area contributed by atoms with E-state index in [1.54, 1.807) is 29.2 Å². The van der Waals surface area contributed by atoms with Crippen LogP contribution in [0, 0.1) is 23.2 Å². The summed E-state index contributed by atoms with van der Waals surface area (Å²) < 4.78 is 8.40. The minimum atomic E-state index is -0.349. The zero-order valence-corrected chi connectivity index (χ0v) is 34.2. The van der Waals surface area contributed by atoms with Crippen LogP contribution in [0.4, 0.5) is 16.3 Å². The first-order chi connectivity index (χ1) is 27.8. The molecule has 8 rings (SSSR count). The first-order valence-corrected chi connectivity index (χ1v) is 20.8. The van der Waals surface area contributed by atoms with Crippen LogP contribution < -0.4 is 25.2 Å². The molecule has 0 unspecified atom stereocenters. The van der Waals surface area contributed by atoms with Gasteiger partial charge in [0.25, 0.3) is 5.91 Å². The Morgan fingerprint density at radius 3 is 2.40 bits per heavy atom. The summed E-state index contributed by atoms with van der Waals surface area (Å²) >= 11 is 6.15. The molecule has 4 aliphatic rings. The summed E-state index contributed by atoms with van der Waals surface area (Å²) in [6, 6.07) is 18.8. The third kappa shape index (κ3) is 9.68. The monoisotopic (exact) mass is 827 g/mol. The lowest BCUT2D eigenvalue weighted by molar-refractivity contribution is -0.120. The minimum absolute atomic E-state index is 0. The molecule has 13 nitrogen and oxygen atoms in total. The van der Waals surface area contributed by atoms with Gasteiger partial charge in [-0.3, -0.25) is 19.8 Å². The van der Waals surface area contributed by atoms with E-state index in [9.17, 15) is 14.4 Å². The number of urea groups is 1.